The molecule has 0 aromatic carbocycles. The number of Topliss-reactive ketones (excluding diaryl/α,β-unsaturated/α-hetero) is 1. The molecular weight excluding hydrogens is 136 g/mol. The lowest BCUT2D eigenvalue weighted by atomic mass is 10.2. The summed E-state index contributed by atoms with van der Waals surface area (Å²) < 4.78 is 0. The van der Waals surface area contributed by atoms with Gasteiger partial charge in [0.15, 0.2) is 5.78 Å². The number of hydrogen-bond acceptors (Lipinski definition) is 4. The second kappa shape index (κ2) is 4.78. The van der Waals surface area contributed by atoms with E-state index in [0.717, 1.165) is 0 Å². The number of nitrogens with two attached hydrogens (primary N) is 2. The lowest BCUT2D eigenvalue weighted by Gasteiger charge is -2.03. The maximum atomic E-state index is 10.7. The fraction of sp³-hybridized carbons (Fsp3) is 0.800. The molecule has 0 aliphatic carbocycles. The van der Waals surface area contributed by atoms with Crippen LogP contribution < -0.4 is 11.5 Å². The van der Waals surface area contributed by atoms with Gasteiger partial charge in [0.05, 0.1) is 6.04 Å². The third-order valence-corrected chi connectivity index (χ3v) is 1.39. The van der Waals surface area contributed by atoms with Crippen LogP contribution in [-0.2, 0) is 4.79 Å². The Balaban J connectivity index is 3.46. The molecule has 0 heterocycles. The van der Waals surface area contributed by atoms with Crippen molar-refractivity contribution in [2.45, 2.75) is 12.5 Å². The zero-order valence-electron chi connectivity index (χ0n) is 5.21. The van der Waals surface area contributed by atoms with Gasteiger partial charge in [-0.15, -0.1) is 0 Å². The summed E-state index contributed by atoms with van der Waals surface area (Å²) in [6.07, 6.45) is 0.363. The highest BCUT2D eigenvalue weighted by atomic mass is 32.1. The Morgan fingerprint density at radius 3 is 2.56 bits per heavy atom. The Morgan fingerprint density at radius 1 is 1.67 bits per heavy atom. The Morgan fingerprint density at radius 2 is 2.22 bits per heavy atom. The number of carbonyl (C=O) groups is 1. The molecule has 0 fully saturated rings. The van der Waals surface area contributed by atoms with Crippen molar-refractivity contribution in [3.63, 3.8) is 0 Å². The monoisotopic (exact) mass is 148 g/mol. The van der Waals surface area contributed by atoms with Gasteiger partial charge in [0, 0.05) is 12.2 Å². The third-order valence-electron chi connectivity index (χ3n) is 1.00. The second-order valence-electron chi connectivity index (χ2n) is 1.79. The second-order valence-corrected chi connectivity index (χ2v) is 2.16. The zero-order valence-corrected chi connectivity index (χ0v) is 6.10. The van der Waals surface area contributed by atoms with Crippen LogP contribution in [0.5, 0.6) is 0 Å². The molecule has 3 nitrogen and oxygen atoms in total. The standard InChI is InChI=1S/C5H12N2OS/c6-2-1-5(8)4(7)3-9/h4,9H,1-3,6-7H2/t4-/m0/s1. The van der Waals surface area contributed by atoms with Gasteiger partial charge in [0.25, 0.3) is 0 Å². The van der Waals surface area contributed by atoms with Crippen molar-refractivity contribution in [1.29, 1.82) is 0 Å². The molecule has 9 heavy (non-hydrogen) atoms. The highest BCUT2D eigenvalue weighted by Gasteiger charge is 2.08. The first-order valence-electron chi connectivity index (χ1n) is 2.81. The van der Waals surface area contributed by atoms with Crippen LogP contribution in [0, 0.1) is 0 Å². The molecular formula is C5H12N2OS. The van der Waals surface area contributed by atoms with Crippen LogP contribution in [-0.4, -0.2) is 24.1 Å². The van der Waals surface area contributed by atoms with Gasteiger partial charge in [-0.2, -0.15) is 12.6 Å². The van der Waals surface area contributed by atoms with Crippen molar-refractivity contribution in [1.82, 2.24) is 0 Å². The summed E-state index contributed by atoms with van der Waals surface area (Å²) in [5.41, 5.74) is 10.4. The Kier molecular flexibility index (Phi) is 4.75. The molecule has 54 valence electrons. The van der Waals surface area contributed by atoms with E-state index in [1.54, 1.807) is 0 Å². The van der Waals surface area contributed by atoms with E-state index in [4.69, 9.17) is 11.5 Å². The van der Waals surface area contributed by atoms with E-state index in [1.807, 2.05) is 0 Å². The maximum Gasteiger partial charge on any atom is 0.151 e. The molecule has 0 amide bonds. The van der Waals surface area contributed by atoms with Gasteiger partial charge >= 0.3 is 0 Å². The predicted octanol–water partition coefficient (Wildman–Crippen LogP) is -0.839. The lowest BCUT2D eigenvalue weighted by Crippen LogP contribution is -2.33. The van der Waals surface area contributed by atoms with Gasteiger partial charge in [-0.3, -0.25) is 4.79 Å². The molecule has 0 aromatic heterocycles. The fourth-order valence-electron chi connectivity index (χ4n) is 0.429. The molecule has 0 saturated heterocycles. The van der Waals surface area contributed by atoms with Gasteiger partial charge in [-0.25, -0.2) is 0 Å². The Hall–Kier alpha value is -0.0600. The zero-order chi connectivity index (χ0) is 7.28. The quantitative estimate of drug-likeness (QED) is 0.455. The van der Waals surface area contributed by atoms with Gasteiger partial charge in [-0.05, 0) is 6.54 Å². The molecule has 0 aliphatic heterocycles. The van der Waals surface area contributed by atoms with Crippen LogP contribution in [0.25, 0.3) is 0 Å². The molecule has 0 aromatic rings. The van der Waals surface area contributed by atoms with E-state index in [-0.39, 0.29) is 5.78 Å². The first-order valence-corrected chi connectivity index (χ1v) is 3.44. The van der Waals surface area contributed by atoms with Crippen LogP contribution in [0.2, 0.25) is 0 Å². The molecule has 0 bridgehead atoms. The van der Waals surface area contributed by atoms with E-state index in [1.165, 1.54) is 0 Å². The van der Waals surface area contributed by atoms with Gasteiger partial charge in [0.1, 0.15) is 0 Å². The summed E-state index contributed by atoms with van der Waals surface area (Å²) in [6, 6.07) is -0.433. The molecule has 4 heteroatoms. The Bertz CT molecular complexity index is 97.0. The smallest absolute Gasteiger partial charge is 0.151 e. The normalized spacial score (nSPS) is 13.2. The van der Waals surface area contributed by atoms with Crippen LogP contribution in [0.4, 0.5) is 0 Å². The average molecular weight is 148 g/mol. The topological polar surface area (TPSA) is 69.1 Å². The van der Waals surface area contributed by atoms with E-state index < -0.39 is 6.04 Å². The van der Waals surface area contributed by atoms with Crippen LogP contribution >= 0.6 is 12.6 Å². The first kappa shape index (κ1) is 8.94. The average Bonchev–Trinajstić information content (AvgIpc) is 1.87. The van der Waals surface area contributed by atoms with Crippen LogP contribution in [0.1, 0.15) is 6.42 Å². The molecule has 0 radical (unpaired) electrons. The van der Waals surface area contributed by atoms with Gasteiger partial charge < -0.3 is 11.5 Å². The Labute approximate surface area is 60.2 Å². The van der Waals surface area contributed by atoms with Crippen LogP contribution in [0.15, 0.2) is 0 Å². The summed E-state index contributed by atoms with van der Waals surface area (Å²) in [7, 11) is 0. The lowest BCUT2D eigenvalue weighted by molar-refractivity contribution is -0.119. The van der Waals surface area contributed by atoms with Crippen molar-refractivity contribution in [3.8, 4) is 0 Å². The number of rotatable bonds is 4. The molecule has 0 unspecified atom stereocenters. The van der Waals surface area contributed by atoms with E-state index in [0.29, 0.717) is 18.7 Å². The van der Waals surface area contributed by atoms with E-state index >= 15 is 0 Å². The van der Waals surface area contributed by atoms with Crippen molar-refractivity contribution >= 4 is 18.4 Å². The molecule has 0 rings (SSSR count). The van der Waals surface area contributed by atoms with Gasteiger partial charge in [-0.1, -0.05) is 0 Å². The highest BCUT2D eigenvalue weighted by Crippen LogP contribution is 1.88. The largest absolute Gasteiger partial charge is 0.330 e. The minimum absolute atomic E-state index is 0.00694. The molecule has 1 atom stereocenters. The van der Waals surface area contributed by atoms with Crippen molar-refractivity contribution in [2.24, 2.45) is 11.5 Å². The third kappa shape index (κ3) is 3.51. The van der Waals surface area contributed by atoms with Crippen molar-refractivity contribution in [2.75, 3.05) is 12.3 Å². The number of thiol groups is 1. The van der Waals surface area contributed by atoms with Crippen molar-refractivity contribution in [3.05, 3.63) is 0 Å². The summed E-state index contributed by atoms with van der Waals surface area (Å²) in [5, 5.41) is 0. The minimum Gasteiger partial charge on any atom is -0.330 e. The van der Waals surface area contributed by atoms with Gasteiger partial charge in [0.2, 0.25) is 0 Å². The van der Waals surface area contributed by atoms with Crippen LogP contribution in [0.3, 0.4) is 0 Å². The predicted molar refractivity (Wildman–Crippen MR) is 40.5 cm³/mol. The number of ketones is 1. The summed E-state index contributed by atoms with van der Waals surface area (Å²) >= 11 is 3.86. The summed E-state index contributed by atoms with van der Waals surface area (Å²) in [5.74, 6) is 0.395. The first-order chi connectivity index (χ1) is 4.22. The number of carbonyl (C=O) groups excluding carboxylic acids is 1. The highest BCUT2D eigenvalue weighted by molar-refractivity contribution is 7.80. The SMILES string of the molecule is NCCC(=O)[C@@H](N)CS. The summed E-state index contributed by atoms with van der Waals surface area (Å²) in [4.78, 5) is 10.7. The molecule has 0 spiro atoms. The molecule has 4 N–H and O–H groups in total. The molecule has 0 saturated carbocycles. The van der Waals surface area contributed by atoms with Crippen molar-refractivity contribution < 1.29 is 4.79 Å². The van der Waals surface area contributed by atoms with E-state index in [9.17, 15) is 4.79 Å². The number of hydrogen-bond donors (Lipinski definition) is 3. The fourth-order valence-corrected chi connectivity index (χ4v) is 0.633. The summed E-state index contributed by atoms with van der Waals surface area (Å²) in [6.45, 7) is 0.375. The minimum atomic E-state index is -0.433. The maximum absolute atomic E-state index is 10.7. The molecule has 0 aliphatic rings. The van der Waals surface area contributed by atoms with E-state index in [2.05, 4.69) is 12.6 Å².